The predicted molar refractivity (Wildman–Crippen MR) is 262 cm³/mol. The SMILES string of the molecule is [2H]c1c([2H])c([2H])c(-c2cccc(-c3cc(C(C)(C)C)cc(C(C)(C)C)c3)c2-n2[c](=[Pt])n(-c3[c-]c(Oc4[c-]c5c(cc4)-c4ccnn4B(CC)N5c4cc(C)ccn4)ccc3)c3ccccc32)c([2H])c1[2H]. The topological polar surface area (TPSA) is 53.0 Å². The van der Waals surface area contributed by atoms with Crippen molar-refractivity contribution in [1.29, 1.82) is 0 Å². The fourth-order valence-electron chi connectivity index (χ4n) is 8.77. The Morgan fingerprint density at radius 1 is 0.692 bits per heavy atom. The summed E-state index contributed by atoms with van der Waals surface area (Å²) in [5.74, 6) is 1.79. The quantitative estimate of drug-likeness (QED) is 0.112. The Balaban J connectivity index is 1.16. The molecule has 0 radical (unpaired) electrons. The van der Waals surface area contributed by atoms with Gasteiger partial charge in [-0.15, -0.1) is 0 Å². The van der Waals surface area contributed by atoms with E-state index in [1.807, 2.05) is 83.7 Å². The van der Waals surface area contributed by atoms with Crippen LogP contribution in [0, 0.1) is 22.9 Å². The van der Waals surface area contributed by atoms with Crippen molar-refractivity contribution in [2.75, 3.05) is 4.81 Å². The van der Waals surface area contributed by atoms with Crippen molar-refractivity contribution in [3.63, 3.8) is 0 Å². The van der Waals surface area contributed by atoms with Crippen molar-refractivity contribution in [2.45, 2.75) is 72.5 Å². The number of aromatic nitrogens is 5. The molecule has 0 atom stereocenters. The minimum absolute atomic E-state index is 0.126. The molecule has 1 aliphatic heterocycles. The summed E-state index contributed by atoms with van der Waals surface area (Å²) < 4.78 is 58.3. The molecule has 0 bridgehead atoms. The van der Waals surface area contributed by atoms with E-state index in [0.717, 1.165) is 71.7 Å². The van der Waals surface area contributed by atoms with Gasteiger partial charge in [-0.1, -0.05) is 6.92 Å². The van der Waals surface area contributed by atoms with Crippen LogP contribution in [0.4, 0.5) is 11.5 Å². The van der Waals surface area contributed by atoms with E-state index in [1.165, 1.54) is 0 Å². The third kappa shape index (κ3) is 7.72. The molecule has 1 aliphatic rings. The Kier molecular flexibility index (Phi) is 9.34. The molecule has 9 aromatic rings. The van der Waals surface area contributed by atoms with E-state index in [1.54, 1.807) is 0 Å². The number of rotatable bonds is 8. The number of aryl methyl sites for hydroxylation is 1. The molecule has 6 aromatic carbocycles. The summed E-state index contributed by atoms with van der Waals surface area (Å²) >= 11 is 2.34. The number of pyridine rings is 1. The zero-order valence-electron chi connectivity index (χ0n) is 42.7. The molecule has 0 saturated carbocycles. The number of hydrogen-bond donors (Lipinski definition) is 0. The summed E-state index contributed by atoms with van der Waals surface area (Å²) in [6.07, 6.45) is 4.44. The number of benzene rings is 6. The Bertz CT molecular complexity index is 3560. The fraction of sp³-hybridized carbons (Fsp3) is 0.196. The van der Waals surface area contributed by atoms with Crippen molar-refractivity contribution in [3.05, 3.63) is 184 Å². The van der Waals surface area contributed by atoms with E-state index in [4.69, 9.17) is 18.9 Å². The van der Waals surface area contributed by atoms with Crippen LogP contribution in [0.5, 0.6) is 11.5 Å². The minimum atomic E-state index is -0.438. The third-order valence-electron chi connectivity index (χ3n) is 12.1. The molecule has 0 spiro atoms. The van der Waals surface area contributed by atoms with E-state index in [9.17, 15) is 2.74 Å². The van der Waals surface area contributed by atoms with E-state index in [2.05, 4.69) is 143 Å². The van der Waals surface area contributed by atoms with Gasteiger partial charge in [0.2, 0.25) is 0 Å². The molecule has 9 heteroatoms. The van der Waals surface area contributed by atoms with Gasteiger partial charge >= 0.3 is 359 Å². The summed E-state index contributed by atoms with van der Waals surface area (Å²) in [6, 6.07) is 42.0. The summed E-state index contributed by atoms with van der Waals surface area (Å²) in [5.41, 5.74) is 11.4. The van der Waals surface area contributed by atoms with Gasteiger partial charge in [0, 0.05) is 12.4 Å². The molecular weight excluding hydrogens is 979 g/mol. The molecule has 65 heavy (non-hydrogen) atoms. The first-order valence-electron chi connectivity index (χ1n) is 24.4. The summed E-state index contributed by atoms with van der Waals surface area (Å²) in [4.78, 5) is 6.98. The zero-order chi connectivity index (χ0) is 49.6. The van der Waals surface area contributed by atoms with Crippen LogP contribution >= 0.6 is 0 Å². The maximum absolute atomic E-state index is 9.25. The number of hydrogen-bond acceptors (Lipinski definition) is 4. The number of nitrogens with zero attached hydrogens (tertiary/aromatic N) is 6. The second-order valence-corrected chi connectivity index (χ2v) is 19.6. The molecule has 326 valence electrons. The van der Waals surface area contributed by atoms with Gasteiger partial charge in [-0.05, 0) is 18.6 Å². The fourth-order valence-corrected chi connectivity index (χ4v) is 9.84. The molecular formula is C56H51BN6OPt-2. The van der Waals surface area contributed by atoms with E-state index < -0.39 is 18.1 Å². The van der Waals surface area contributed by atoms with E-state index >= 15 is 0 Å². The number of ether oxygens (including phenoxy) is 1. The average Bonchev–Trinajstić information content (AvgIpc) is 3.94. The predicted octanol–water partition coefficient (Wildman–Crippen LogP) is 13.9. The second kappa shape index (κ2) is 16.5. The van der Waals surface area contributed by atoms with Crippen LogP contribution in [0.15, 0.2) is 152 Å². The Hall–Kier alpha value is -6.50. The van der Waals surface area contributed by atoms with Crippen molar-refractivity contribution < 1.29 is 30.9 Å². The van der Waals surface area contributed by atoms with Gasteiger partial charge in [0.05, 0.1) is 0 Å². The van der Waals surface area contributed by atoms with Gasteiger partial charge < -0.3 is 0 Å². The monoisotopic (exact) mass is 1030 g/mol. The molecule has 0 aliphatic carbocycles. The number of para-hydroxylation sites is 3. The van der Waals surface area contributed by atoms with Crippen LogP contribution < -0.4 is 9.55 Å². The van der Waals surface area contributed by atoms with Crippen molar-refractivity contribution in [1.82, 2.24) is 23.8 Å². The standard InChI is InChI=1S/C56H51BN6O.Pt/c1-9-57-62(53-31-38(2)27-29-58-53)52-36-45(25-26-48(52)49-28-30-59-63(49)57)64-44-20-15-19-43(35-44)60-37-61(51-24-14-13-23-50(51)60)54-46(39-17-11-10-12-18-39)21-16-22-47(54)40-32-41(55(3,4)5)34-42(33-40)56(6,7)8;/h10-34H,9H2,1-8H3;/q-2;/i10D,11D,12D,17D,18D;. The molecule has 3 aromatic heterocycles. The van der Waals surface area contributed by atoms with Crippen LogP contribution in [-0.4, -0.2) is 30.8 Å². The first-order valence-corrected chi connectivity index (χ1v) is 23.1. The molecule has 0 N–H and O–H groups in total. The van der Waals surface area contributed by atoms with Crippen molar-refractivity contribution in [3.8, 4) is 56.4 Å². The van der Waals surface area contributed by atoms with Gasteiger partial charge in [-0.25, -0.2) is 0 Å². The van der Waals surface area contributed by atoms with Crippen molar-refractivity contribution in [2.24, 2.45) is 0 Å². The van der Waals surface area contributed by atoms with Crippen LogP contribution in [0.3, 0.4) is 0 Å². The Morgan fingerprint density at radius 3 is 2.06 bits per heavy atom. The molecule has 0 amide bonds. The van der Waals surface area contributed by atoms with Gasteiger partial charge in [0.1, 0.15) is 0 Å². The Morgan fingerprint density at radius 2 is 1.37 bits per heavy atom. The number of fused-ring (bicyclic) bond motifs is 4. The molecule has 0 unspecified atom stereocenters. The van der Waals surface area contributed by atoms with Crippen LogP contribution in [0.1, 0.15) is 72.0 Å². The molecule has 0 fully saturated rings. The summed E-state index contributed by atoms with van der Waals surface area (Å²) in [7, 11) is 0. The second-order valence-electron chi connectivity index (χ2n) is 18.6. The number of imidazole rings is 1. The molecule has 0 saturated heterocycles. The van der Waals surface area contributed by atoms with Gasteiger partial charge in [-0.3, -0.25) is 0 Å². The average molecular weight is 1030 g/mol. The van der Waals surface area contributed by atoms with E-state index in [0.29, 0.717) is 28.4 Å². The number of anilines is 2. The molecule has 7 nitrogen and oxygen atoms in total. The Labute approximate surface area is 400 Å². The van der Waals surface area contributed by atoms with E-state index in [-0.39, 0.29) is 35.5 Å². The van der Waals surface area contributed by atoms with Crippen molar-refractivity contribution >= 4 is 29.5 Å². The van der Waals surface area contributed by atoms with Gasteiger partial charge in [0.15, 0.2) is 0 Å². The summed E-state index contributed by atoms with van der Waals surface area (Å²) in [6.45, 7) is 17.3. The molecule has 4 heterocycles. The third-order valence-corrected chi connectivity index (χ3v) is 13.1. The normalized spacial score (nSPS) is 13.8. The first-order chi connectivity index (χ1) is 33.3. The summed E-state index contributed by atoms with van der Waals surface area (Å²) in [5, 5.41) is 4.72. The van der Waals surface area contributed by atoms with Crippen LogP contribution in [0.25, 0.3) is 55.9 Å². The van der Waals surface area contributed by atoms with Gasteiger partial charge in [-0.2, -0.15) is 5.10 Å². The maximum atomic E-state index is 9.25. The van der Waals surface area contributed by atoms with Gasteiger partial charge in [0.25, 0.3) is 0 Å². The first kappa shape index (κ1) is 36.8. The van der Waals surface area contributed by atoms with Crippen LogP contribution in [-0.2, 0) is 30.2 Å². The van der Waals surface area contributed by atoms with Crippen LogP contribution in [0.2, 0.25) is 6.32 Å². The molecule has 10 rings (SSSR count). The zero-order valence-corrected chi connectivity index (χ0v) is 40.0.